The molecule has 37 heteroatoms. The number of fused-ring (bicyclic) bond motifs is 10. The first kappa shape index (κ1) is 79.9. The summed E-state index contributed by atoms with van der Waals surface area (Å²) in [5, 5.41) is 22.1. The number of carbonyl (C=O) groups is 4. The van der Waals surface area contributed by atoms with E-state index in [1.165, 1.54) is 38.5 Å². The average molecular weight is 1650 g/mol. The molecule has 0 unspecified atom stereocenters. The first-order valence-corrected chi connectivity index (χ1v) is 35.3. The van der Waals surface area contributed by atoms with Crippen LogP contribution < -0.4 is 22.3 Å². The first-order valence-electron chi connectivity index (χ1n) is 28.2. The highest BCUT2D eigenvalue weighted by Gasteiger charge is 2.73. The Hall–Kier alpha value is -2.05. The fourth-order valence-electron chi connectivity index (χ4n) is 13.0. The number of rotatable bonds is 10. The number of amides is 3. The topological polar surface area (TPSA) is 232 Å². The highest BCUT2D eigenvalue weighted by molar-refractivity contribution is 9.10. The van der Waals surface area contributed by atoms with Crippen molar-refractivity contribution >= 4 is 170 Å². The van der Waals surface area contributed by atoms with E-state index in [0.717, 1.165) is 51.4 Å². The van der Waals surface area contributed by atoms with E-state index in [1.807, 2.05) is 55.9 Å². The molecule has 6 saturated heterocycles. The number of esters is 1. The Morgan fingerprint density at radius 2 is 1.43 bits per heavy atom. The number of aromatic amines is 1. The summed E-state index contributed by atoms with van der Waals surface area (Å²) in [6.07, 6.45) is 7.25. The highest BCUT2D eigenvalue weighted by Crippen LogP contribution is 2.53. The molecule has 2 bridgehead atoms. The van der Waals surface area contributed by atoms with Crippen molar-refractivity contribution in [2.45, 2.75) is 152 Å². The Kier molecular flexibility index (Phi) is 25.5. The van der Waals surface area contributed by atoms with Gasteiger partial charge in [0.05, 0.1) is 40.6 Å². The van der Waals surface area contributed by atoms with Crippen molar-refractivity contribution in [2.24, 2.45) is 17.8 Å². The number of hydrogen-bond acceptors (Lipinski definition) is 14. The van der Waals surface area contributed by atoms with E-state index < -0.39 is 82.8 Å². The summed E-state index contributed by atoms with van der Waals surface area (Å²) < 4.78 is 120. The quantitative estimate of drug-likeness (QED) is 0.0250. The third kappa shape index (κ3) is 18.1. The molecule has 7 aliphatic heterocycles. The number of piperidine rings is 1. The number of likely N-dealkylation sites (N-methyl/N-ethyl adjacent to an activating group) is 2. The number of alkyl halides is 14. The number of nitrogens with one attached hydrogen (secondary N) is 2. The number of quaternary nitrogens is 1. The second-order valence-corrected chi connectivity index (χ2v) is 32.7. The van der Waals surface area contributed by atoms with Gasteiger partial charge in [-0.3, -0.25) is 33.5 Å². The van der Waals surface area contributed by atoms with Gasteiger partial charge in [0.2, 0.25) is 23.1 Å². The number of halogens is 16. The smallest absolute Gasteiger partial charge is 0.401 e. The van der Waals surface area contributed by atoms with Crippen LogP contribution in [-0.2, 0) is 55.5 Å². The average Bonchev–Trinajstić information content (AvgIpc) is 1.55. The summed E-state index contributed by atoms with van der Waals surface area (Å²) >= 11 is 35.1. The van der Waals surface area contributed by atoms with Crippen molar-refractivity contribution in [1.29, 1.82) is 0 Å². The summed E-state index contributed by atoms with van der Waals surface area (Å²) in [5.74, 6) is -4.58. The number of aromatic nitrogens is 1. The Morgan fingerprint density at radius 1 is 0.914 bits per heavy atom. The normalized spacial score (nSPS) is 28.3. The van der Waals surface area contributed by atoms with Gasteiger partial charge in [-0.1, -0.05) is 58.0 Å². The minimum atomic E-state index is -4.66. The molecule has 12 rings (SSSR count). The second kappa shape index (κ2) is 29.6. The molecule has 3 aromatic heterocycles. The van der Waals surface area contributed by atoms with E-state index >= 15 is 0 Å². The number of piperazine rings is 1. The van der Waals surface area contributed by atoms with Crippen LogP contribution in [0.15, 0.2) is 63.9 Å². The molecule has 8 aliphatic rings. The lowest BCUT2D eigenvalue weighted by atomic mass is 9.79. The zero-order valence-electron chi connectivity index (χ0n) is 50.4. The molecule has 3 amide bonds. The third-order valence-electron chi connectivity index (χ3n) is 16.9. The zero-order valence-corrected chi connectivity index (χ0v) is 61.3. The van der Waals surface area contributed by atoms with Crippen LogP contribution in [-0.4, -0.2) is 191 Å². The molecule has 522 valence electrons. The van der Waals surface area contributed by atoms with E-state index in [9.17, 15) is 68.5 Å². The van der Waals surface area contributed by atoms with Crippen molar-refractivity contribution in [3.63, 3.8) is 0 Å². The van der Waals surface area contributed by atoms with Crippen LogP contribution in [0.25, 0.3) is 16.5 Å². The summed E-state index contributed by atoms with van der Waals surface area (Å²) in [7, 11) is 2.85. The van der Waals surface area contributed by atoms with Crippen LogP contribution in [0.2, 0.25) is 0 Å². The Morgan fingerprint density at radius 3 is 1.89 bits per heavy atom. The van der Waals surface area contributed by atoms with E-state index in [-0.39, 0.29) is 46.9 Å². The number of epoxide rings is 1. The highest BCUT2D eigenvalue weighted by atomic mass is 79.9. The van der Waals surface area contributed by atoms with Crippen molar-refractivity contribution in [2.75, 3.05) is 40.5 Å². The van der Waals surface area contributed by atoms with Crippen LogP contribution in [0.5, 0.6) is 0 Å². The number of hydrogen-bond donors (Lipinski definition) is 5. The number of nitrogens with zero attached hydrogens (tertiary/aromatic N) is 4. The summed E-state index contributed by atoms with van der Waals surface area (Å²) in [5.41, 5.74) is 0.957. The first-order chi connectivity index (χ1) is 42.0. The van der Waals surface area contributed by atoms with Crippen LogP contribution in [0, 0.1) is 17.8 Å². The molecule has 93 heavy (non-hydrogen) atoms. The number of ether oxygens (including phenoxy) is 3. The number of morpholine rings is 1. The van der Waals surface area contributed by atoms with Gasteiger partial charge in [0, 0.05) is 48.8 Å². The number of benzene rings is 1. The van der Waals surface area contributed by atoms with Crippen LogP contribution >= 0.6 is 120 Å². The van der Waals surface area contributed by atoms with Crippen LogP contribution in [0.3, 0.4) is 0 Å². The number of carbonyl (C=O) groups excluding carboxylic acids is 4. The fraction of sp³-hybridized carbons (Fsp3) is 0.607. The minimum Gasteiger partial charge on any atom is -1.00 e. The predicted molar refractivity (Wildman–Crippen MR) is 340 cm³/mol. The van der Waals surface area contributed by atoms with E-state index in [2.05, 4.69) is 139 Å². The standard InChI is InChI=1S/C32H40BrN5O5.C19H22NO4S2.C2Cl2F4.CCl3F.CCl2F2.CH4O3S.BrH/c1-16(2)12-24-29(40)37-11-7-10-25(37)32(42)38(24)30(41)31(43-32,17(3)4)35-28(39)18-13-20-19-8-6-9-22-26(19)21(27(33)34-22)14-23(20)36(5)15-18;1-20(2)12-9-11(10-13(20)17-16(12)24-17)23-18(21)19(22,14-5-3-7-25-14)15-6-4-8-26-15;3-1(5,6)2(4,7)8;2*2-1(3,4)5;1-5(2,3)4;/h6,8-9,13,16-18,23-25,34,42H,7,10-12,14-15H2,1-5H3,(H,35,39);3-8,11-13,16-17,22H,9-10H2,1-2H3;;;;1H3,(H,2,3,4);1H/q;+1;;;;;/p-1/t18-,23-,24+,25+,31-,32+;11-,12-,13+,16-,17+;;;;;/m1....../s1. The van der Waals surface area contributed by atoms with E-state index in [0.29, 0.717) is 66.2 Å². The molecule has 4 aromatic rings. The maximum Gasteiger partial charge on any atom is 0.401 e. The minimum absolute atomic E-state index is 0. The van der Waals surface area contributed by atoms with Crippen LogP contribution in [0.4, 0.5) is 30.7 Å². The third-order valence-corrected chi connectivity index (χ3v) is 20.1. The number of thiophene rings is 2. The Balaban J connectivity index is 0.000000231. The molecule has 6 fully saturated rings. The van der Waals surface area contributed by atoms with Gasteiger partial charge >= 0.3 is 25.6 Å². The zero-order chi connectivity index (χ0) is 69.2. The molecule has 1 aliphatic carbocycles. The van der Waals surface area contributed by atoms with Crippen LogP contribution in [0.1, 0.15) is 80.7 Å². The second-order valence-electron chi connectivity index (χ2n) is 24.3. The van der Waals surface area contributed by atoms with Crippen molar-refractivity contribution in [3.05, 3.63) is 84.8 Å². The maximum absolute atomic E-state index is 14.4. The molecular formula is C56H66Br2Cl7F7N6O12S3. The molecule has 10 heterocycles. The SMILES string of the molecule is CC(C)C[C@H]1C(=O)N2CCC[C@H]2[C@]2(O)O[C@](NC(=O)[C@@H]3C=C4c5cccc6[nH]c(Br)c(c56)C[C@H]4N(C)C3)(C(C)C)C(=O)N12.CS(=O)(=O)O.C[N+]1(C)[C@@H]2C[C@@H](OC(=O)C(O)(c3cccs3)c3cccs3)C[C@H]1[C@@H]1O[C@@H]12.FC(Cl)(Cl)Cl.FC(F)(Cl)C(F)(F)Cl.FC(F)(Cl)Cl.[Br-]. The lowest BCUT2D eigenvalue weighted by Gasteiger charge is -2.49. The lowest BCUT2D eigenvalue weighted by molar-refractivity contribution is -0.938. The number of H-pyrrole nitrogens is 1. The molecule has 0 saturated carbocycles. The lowest BCUT2D eigenvalue weighted by Crippen LogP contribution is -3.00. The van der Waals surface area contributed by atoms with Crippen molar-refractivity contribution in [3.8, 4) is 0 Å². The van der Waals surface area contributed by atoms with Gasteiger partial charge in [-0.25, -0.2) is 4.79 Å². The largest absolute Gasteiger partial charge is 1.00 e. The van der Waals surface area contributed by atoms with Gasteiger partial charge in [0.15, 0.2) is 0 Å². The predicted octanol–water partition coefficient (Wildman–Crippen LogP) is 8.99. The van der Waals surface area contributed by atoms with Gasteiger partial charge in [-0.2, -0.15) is 39.2 Å². The Labute approximate surface area is 593 Å². The van der Waals surface area contributed by atoms with Crippen molar-refractivity contribution < 1.29 is 109 Å². The molecule has 0 radical (unpaired) electrons. The monoisotopic (exact) mass is 1650 g/mol. The number of aliphatic hydroxyl groups is 2. The summed E-state index contributed by atoms with van der Waals surface area (Å²) in [4.78, 5) is 61.6. The molecule has 5 N–H and O–H groups in total. The Bertz CT molecular complexity index is 3380. The van der Waals surface area contributed by atoms with Gasteiger partial charge in [0.25, 0.3) is 21.9 Å². The fourth-order valence-corrected chi connectivity index (χ4v) is 15.3. The van der Waals surface area contributed by atoms with E-state index in [4.69, 9.17) is 18.8 Å². The maximum atomic E-state index is 14.4. The van der Waals surface area contributed by atoms with Gasteiger partial charge in [-0.15, -0.1) is 22.7 Å². The molecular weight excluding hydrogens is 1590 g/mol. The molecule has 11 atom stereocenters. The van der Waals surface area contributed by atoms with Gasteiger partial charge < -0.3 is 56.4 Å². The van der Waals surface area contributed by atoms with E-state index in [1.54, 1.807) is 30.9 Å². The summed E-state index contributed by atoms with van der Waals surface area (Å²) in [6.45, 7) is 8.57. The molecule has 18 nitrogen and oxygen atoms in total. The molecule has 1 aromatic carbocycles. The van der Waals surface area contributed by atoms with Crippen molar-refractivity contribution in [1.82, 2.24) is 25.0 Å². The van der Waals surface area contributed by atoms with Gasteiger partial charge in [0.1, 0.15) is 42.5 Å². The molecule has 0 spiro atoms. The summed E-state index contributed by atoms with van der Waals surface area (Å²) in [6, 6.07) is 12.8. The van der Waals surface area contributed by atoms with Gasteiger partial charge in [-0.05, 0) is 181 Å².